The van der Waals surface area contributed by atoms with Crippen LogP contribution in [0.5, 0.6) is 0 Å². The molecule has 0 aliphatic carbocycles. The lowest BCUT2D eigenvalue weighted by Gasteiger charge is -2.11. The van der Waals surface area contributed by atoms with Crippen molar-refractivity contribution < 1.29 is 0 Å². The minimum atomic E-state index is 1.01. The lowest BCUT2D eigenvalue weighted by molar-refractivity contribution is 1.10. The number of benzene rings is 3. The molecule has 0 nitrogen and oxygen atoms in total. The molecule has 3 aromatic rings. The molecule has 122 valence electrons. The summed E-state index contributed by atoms with van der Waals surface area (Å²) in [6.07, 6.45) is 2.02. The summed E-state index contributed by atoms with van der Waals surface area (Å²) < 4.78 is 0. The molecule has 0 aliphatic heterocycles. The van der Waals surface area contributed by atoms with Gasteiger partial charge in [0.2, 0.25) is 0 Å². The van der Waals surface area contributed by atoms with Gasteiger partial charge in [-0.05, 0) is 85.0 Å². The molecule has 0 saturated heterocycles. The molecule has 0 aromatic heterocycles. The van der Waals surface area contributed by atoms with E-state index in [-0.39, 0.29) is 0 Å². The Morgan fingerprint density at radius 3 is 1.71 bits per heavy atom. The second-order valence-corrected chi connectivity index (χ2v) is 6.96. The molecule has 0 radical (unpaired) electrons. The van der Waals surface area contributed by atoms with Crippen molar-refractivity contribution in [2.45, 2.75) is 40.5 Å². The average Bonchev–Trinajstić information content (AvgIpc) is 2.56. The molecule has 0 atom stereocenters. The fraction of sp³-hybridized carbons (Fsp3) is 0.250. The highest BCUT2D eigenvalue weighted by Crippen LogP contribution is 2.20. The van der Waals surface area contributed by atoms with Gasteiger partial charge in [0.1, 0.15) is 0 Å². The van der Waals surface area contributed by atoms with E-state index < -0.39 is 0 Å². The molecule has 0 bridgehead atoms. The Morgan fingerprint density at radius 2 is 1.08 bits per heavy atom. The highest BCUT2D eigenvalue weighted by molar-refractivity contribution is 5.40. The van der Waals surface area contributed by atoms with Gasteiger partial charge in [-0.2, -0.15) is 0 Å². The molecular formula is C24H26. The molecule has 0 N–H and O–H groups in total. The van der Waals surface area contributed by atoms with Gasteiger partial charge in [0, 0.05) is 0 Å². The molecule has 3 aromatic carbocycles. The van der Waals surface area contributed by atoms with Crippen LogP contribution in [0.4, 0.5) is 0 Å². The maximum absolute atomic E-state index is 2.35. The summed E-state index contributed by atoms with van der Waals surface area (Å²) in [5.74, 6) is 0. The number of hydrogen-bond acceptors (Lipinski definition) is 0. The maximum Gasteiger partial charge on any atom is -0.00230 e. The Hall–Kier alpha value is -2.34. The van der Waals surface area contributed by atoms with Crippen molar-refractivity contribution in [1.29, 1.82) is 0 Å². The van der Waals surface area contributed by atoms with Gasteiger partial charge < -0.3 is 0 Å². The molecule has 0 fully saturated rings. The van der Waals surface area contributed by atoms with Gasteiger partial charge in [-0.3, -0.25) is 0 Å². The topological polar surface area (TPSA) is 0 Å². The molecule has 0 spiro atoms. The van der Waals surface area contributed by atoms with E-state index in [1.54, 1.807) is 0 Å². The van der Waals surface area contributed by atoms with Gasteiger partial charge in [0.25, 0.3) is 0 Å². The zero-order valence-corrected chi connectivity index (χ0v) is 15.2. The number of aryl methyl sites for hydroxylation is 4. The summed E-state index contributed by atoms with van der Waals surface area (Å²) in [4.78, 5) is 0. The van der Waals surface area contributed by atoms with Crippen LogP contribution in [0.2, 0.25) is 0 Å². The van der Waals surface area contributed by atoms with Crippen LogP contribution in [0.25, 0.3) is 0 Å². The summed E-state index contributed by atoms with van der Waals surface area (Å²) in [7, 11) is 0. The first kappa shape index (κ1) is 16.5. The van der Waals surface area contributed by atoms with Crippen molar-refractivity contribution in [3.63, 3.8) is 0 Å². The van der Waals surface area contributed by atoms with Crippen molar-refractivity contribution in [3.8, 4) is 0 Å². The first-order valence-corrected chi connectivity index (χ1v) is 8.72. The molecule has 0 amide bonds. The average molecular weight is 314 g/mol. The van der Waals surface area contributed by atoms with Crippen LogP contribution in [0, 0.1) is 27.7 Å². The van der Waals surface area contributed by atoms with Crippen molar-refractivity contribution in [3.05, 3.63) is 105 Å². The predicted octanol–water partition coefficient (Wildman–Crippen LogP) is 6.10. The Morgan fingerprint density at radius 1 is 0.500 bits per heavy atom. The molecular weight excluding hydrogens is 288 g/mol. The van der Waals surface area contributed by atoms with Crippen LogP contribution >= 0.6 is 0 Å². The van der Waals surface area contributed by atoms with Gasteiger partial charge in [-0.1, -0.05) is 60.7 Å². The highest BCUT2D eigenvalue weighted by atomic mass is 14.1. The smallest absolute Gasteiger partial charge is 0.00230 e. The Kier molecular flexibility index (Phi) is 4.85. The summed E-state index contributed by atoms with van der Waals surface area (Å²) in [5.41, 5.74) is 11.1. The third-order valence-corrected chi connectivity index (χ3v) is 5.03. The van der Waals surface area contributed by atoms with Crippen LogP contribution in [0.15, 0.2) is 60.7 Å². The zero-order chi connectivity index (χ0) is 17.1. The zero-order valence-electron chi connectivity index (χ0n) is 15.2. The van der Waals surface area contributed by atoms with Gasteiger partial charge in [-0.25, -0.2) is 0 Å². The van der Waals surface area contributed by atoms with E-state index in [2.05, 4.69) is 88.4 Å². The Labute approximate surface area is 146 Å². The van der Waals surface area contributed by atoms with Gasteiger partial charge >= 0.3 is 0 Å². The molecule has 3 rings (SSSR count). The van der Waals surface area contributed by atoms with Crippen molar-refractivity contribution >= 4 is 0 Å². The van der Waals surface area contributed by atoms with Crippen LogP contribution in [0.3, 0.4) is 0 Å². The third-order valence-electron chi connectivity index (χ3n) is 5.03. The van der Waals surface area contributed by atoms with Crippen molar-refractivity contribution in [2.24, 2.45) is 0 Å². The first-order chi connectivity index (χ1) is 11.5. The molecule has 0 unspecified atom stereocenters. The van der Waals surface area contributed by atoms with Crippen molar-refractivity contribution in [2.75, 3.05) is 0 Å². The Bertz CT molecular complexity index is 856. The normalized spacial score (nSPS) is 10.8. The summed E-state index contributed by atoms with van der Waals surface area (Å²) in [6.45, 7) is 8.79. The minimum Gasteiger partial charge on any atom is -0.0620 e. The van der Waals surface area contributed by atoms with E-state index in [9.17, 15) is 0 Å². The van der Waals surface area contributed by atoms with Crippen molar-refractivity contribution in [1.82, 2.24) is 0 Å². The molecule has 0 heteroatoms. The van der Waals surface area contributed by atoms with Crippen LogP contribution in [0.1, 0.15) is 44.5 Å². The number of rotatable bonds is 4. The second-order valence-electron chi connectivity index (χ2n) is 6.96. The van der Waals surface area contributed by atoms with Crippen LogP contribution in [-0.4, -0.2) is 0 Å². The SMILES string of the molecule is Cc1ccc(Cc2ccc(Cc3ccccc3C)cc2C)cc1C. The molecule has 24 heavy (non-hydrogen) atoms. The van der Waals surface area contributed by atoms with Gasteiger partial charge in [0.05, 0.1) is 0 Å². The van der Waals surface area contributed by atoms with E-state index in [1.165, 1.54) is 44.5 Å². The molecule has 0 heterocycles. The van der Waals surface area contributed by atoms with E-state index >= 15 is 0 Å². The lowest BCUT2D eigenvalue weighted by atomic mass is 9.94. The summed E-state index contributed by atoms with van der Waals surface area (Å²) >= 11 is 0. The fourth-order valence-electron chi connectivity index (χ4n) is 3.23. The third kappa shape index (κ3) is 3.76. The number of hydrogen-bond donors (Lipinski definition) is 0. The standard InChI is InChI=1S/C24H26/c1-17-9-10-21(13-19(17)3)16-24-12-11-22(14-20(24)4)15-23-8-6-5-7-18(23)2/h5-14H,15-16H2,1-4H3. The van der Waals surface area contributed by atoms with E-state index in [0.717, 1.165) is 12.8 Å². The first-order valence-electron chi connectivity index (χ1n) is 8.72. The van der Waals surface area contributed by atoms with Gasteiger partial charge in [0.15, 0.2) is 0 Å². The highest BCUT2D eigenvalue weighted by Gasteiger charge is 2.05. The van der Waals surface area contributed by atoms with Gasteiger partial charge in [-0.15, -0.1) is 0 Å². The Balaban J connectivity index is 1.79. The van der Waals surface area contributed by atoms with E-state index in [1.807, 2.05) is 0 Å². The second kappa shape index (κ2) is 7.05. The monoisotopic (exact) mass is 314 g/mol. The summed E-state index contributed by atoms with van der Waals surface area (Å²) in [5, 5.41) is 0. The van der Waals surface area contributed by atoms with Crippen LogP contribution in [-0.2, 0) is 12.8 Å². The predicted molar refractivity (Wildman–Crippen MR) is 104 cm³/mol. The van der Waals surface area contributed by atoms with Crippen LogP contribution < -0.4 is 0 Å². The van der Waals surface area contributed by atoms with E-state index in [4.69, 9.17) is 0 Å². The molecule has 0 saturated carbocycles. The summed E-state index contributed by atoms with van der Waals surface area (Å²) in [6, 6.07) is 22.4. The largest absolute Gasteiger partial charge is 0.0620 e. The maximum atomic E-state index is 2.35. The molecule has 0 aliphatic rings. The lowest BCUT2D eigenvalue weighted by Crippen LogP contribution is -1.97. The quantitative estimate of drug-likeness (QED) is 0.545. The minimum absolute atomic E-state index is 1.01. The van der Waals surface area contributed by atoms with E-state index in [0.29, 0.717) is 0 Å². The fourth-order valence-corrected chi connectivity index (χ4v) is 3.23.